The summed E-state index contributed by atoms with van der Waals surface area (Å²) >= 11 is 0. The average Bonchev–Trinajstić information content (AvgIpc) is 2.76. The minimum atomic E-state index is -0.930. The van der Waals surface area contributed by atoms with Crippen molar-refractivity contribution in [3.05, 3.63) is 54.1 Å². The maximum Gasteiger partial charge on any atom is 0.307 e. The molecule has 0 unspecified atom stereocenters. The Bertz CT molecular complexity index is 888. The minimum Gasteiger partial charge on any atom is -0.493 e. The summed E-state index contributed by atoms with van der Waals surface area (Å²) in [5.74, 6) is 0.104. The summed E-state index contributed by atoms with van der Waals surface area (Å²) in [6.45, 7) is 0.473. The maximum absolute atomic E-state index is 13.1. The molecule has 2 aromatic rings. The van der Waals surface area contributed by atoms with Gasteiger partial charge in [-0.2, -0.15) is 0 Å². The smallest absolute Gasteiger partial charge is 0.307 e. The number of fused-ring (bicyclic) bond motifs is 1. The van der Waals surface area contributed by atoms with E-state index >= 15 is 0 Å². The van der Waals surface area contributed by atoms with E-state index in [2.05, 4.69) is 0 Å². The number of unbranched alkanes of at least 4 members (excludes halogenated alkanes) is 3. The van der Waals surface area contributed by atoms with Crippen LogP contribution in [0.15, 0.2) is 48.5 Å². The lowest BCUT2D eigenvalue weighted by Gasteiger charge is -2.34. The zero-order valence-electron chi connectivity index (χ0n) is 17.5. The fourth-order valence-electron chi connectivity index (χ4n) is 3.64. The third kappa shape index (κ3) is 6.20. The van der Waals surface area contributed by atoms with Crippen molar-refractivity contribution in [1.29, 1.82) is 0 Å². The zero-order valence-corrected chi connectivity index (χ0v) is 17.5. The molecule has 166 valence electrons. The van der Waals surface area contributed by atoms with E-state index in [9.17, 15) is 14.0 Å². The van der Waals surface area contributed by atoms with Gasteiger partial charge in [0.2, 0.25) is 0 Å². The number of hydrogen-bond donors (Lipinski definition) is 1. The number of para-hydroxylation sites is 3. The Balaban J connectivity index is 1.62. The monoisotopic (exact) mass is 429 g/mol. The number of halogens is 1. The lowest BCUT2D eigenvalue weighted by Crippen LogP contribution is -2.47. The Morgan fingerprint density at radius 2 is 1.81 bits per heavy atom. The standard InChI is InChI=1S/C24H28FNO5/c25-14-7-1-2-8-15-26-19-10-4-6-12-21(19)31-22(24(26)29)13-16-30-20-11-5-3-9-18(20)17-23(27)28/h3-6,9-12,22H,1-2,7-8,13-17H2,(H,27,28)/t22-/m1/s1. The molecule has 6 nitrogen and oxygen atoms in total. The molecule has 0 radical (unpaired) electrons. The Morgan fingerprint density at radius 1 is 1.06 bits per heavy atom. The van der Waals surface area contributed by atoms with Crippen LogP contribution in [-0.4, -0.2) is 42.9 Å². The van der Waals surface area contributed by atoms with Gasteiger partial charge in [0.05, 0.1) is 25.4 Å². The van der Waals surface area contributed by atoms with Crippen molar-refractivity contribution in [2.45, 2.75) is 44.6 Å². The van der Waals surface area contributed by atoms with Crippen LogP contribution in [0.4, 0.5) is 10.1 Å². The normalized spacial score (nSPS) is 15.3. The van der Waals surface area contributed by atoms with E-state index in [-0.39, 0.29) is 25.6 Å². The highest BCUT2D eigenvalue weighted by Gasteiger charge is 2.33. The summed E-state index contributed by atoms with van der Waals surface area (Å²) < 4.78 is 24.0. The van der Waals surface area contributed by atoms with Gasteiger partial charge in [0.1, 0.15) is 11.5 Å². The number of carbonyl (C=O) groups is 2. The second-order valence-electron chi connectivity index (χ2n) is 7.48. The van der Waals surface area contributed by atoms with Crippen LogP contribution < -0.4 is 14.4 Å². The molecule has 1 N–H and O–H groups in total. The van der Waals surface area contributed by atoms with Gasteiger partial charge in [0.25, 0.3) is 5.91 Å². The summed E-state index contributed by atoms with van der Waals surface area (Å²) in [5.41, 5.74) is 1.34. The number of benzene rings is 2. The zero-order chi connectivity index (χ0) is 22.1. The van der Waals surface area contributed by atoms with Crippen LogP contribution in [0.3, 0.4) is 0 Å². The summed E-state index contributed by atoms with van der Waals surface area (Å²) in [7, 11) is 0. The number of ether oxygens (including phenoxy) is 2. The summed E-state index contributed by atoms with van der Waals surface area (Å²) in [5, 5.41) is 9.05. The molecule has 7 heteroatoms. The van der Waals surface area contributed by atoms with Gasteiger partial charge in [0.15, 0.2) is 6.10 Å². The van der Waals surface area contributed by atoms with Crippen molar-refractivity contribution >= 4 is 17.6 Å². The average molecular weight is 429 g/mol. The first kappa shape index (κ1) is 22.6. The Morgan fingerprint density at radius 3 is 2.61 bits per heavy atom. The molecule has 31 heavy (non-hydrogen) atoms. The predicted molar refractivity (Wildman–Crippen MR) is 116 cm³/mol. The molecule has 0 saturated carbocycles. The number of aliphatic carboxylic acids is 1. The van der Waals surface area contributed by atoms with Crippen molar-refractivity contribution in [3.63, 3.8) is 0 Å². The van der Waals surface area contributed by atoms with Gasteiger partial charge in [-0.25, -0.2) is 0 Å². The first-order valence-corrected chi connectivity index (χ1v) is 10.7. The number of rotatable bonds is 12. The van der Waals surface area contributed by atoms with Crippen LogP contribution in [0.1, 0.15) is 37.7 Å². The van der Waals surface area contributed by atoms with E-state index < -0.39 is 12.1 Å². The third-order valence-electron chi connectivity index (χ3n) is 5.18. The van der Waals surface area contributed by atoms with Gasteiger partial charge in [-0.3, -0.25) is 14.0 Å². The lowest BCUT2D eigenvalue weighted by atomic mass is 10.1. The first-order valence-electron chi connectivity index (χ1n) is 10.7. The van der Waals surface area contributed by atoms with Crippen molar-refractivity contribution in [2.24, 2.45) is 0 Å². The molecule has 0 aliphatic carbocycles. The van der Waals surface area contributed by atoms with Gasteiger partial charge in [0, 0.05) is 18.5 Å². The fraction of sp³-hybridized carbons (Fsp3) is 0.417. The van der Waals surface area contributed by atoms with E-state index in [1.807, 2.05) is 24.3 Å². The van der Waals surface area contributed by atoms with Gasteiger partial charge < -0.3 is 19.5 Å². The van der Waals surface area contributed by atoms with Gasteiger partial charge in [-0.1, -0.05) is 43.2 Å². The Labute approximate surface area is 181 Å². The van der Waals surface area contributed by atoms with Crippen LogP contribution in [0, 0.1) is 0 Å². The molecule has 1 atom stereocenters. The topological polar surface area (TPSA) is 76.1 Å². The fourth-order valence-corrected chi connectivity index (χ4v) is 3.64. The van der Waals surface area contributed by atoms with Crippen molar-refractivity contribution in [2.75, 3.05) is 24.7 Å². The third-order valence-corrected chi connectivity index (χ3v) is 5.18. The quantitative estimate of drug-likeness (QED) is 0.506. The Hall–Kier alpha value is -3.09. The molecule has 1 aliphatic heterocycles. The number of anilines is 1. The van der Waals surface area contributed by atoms with E-state index in [1.54, 1.807) is 29.2 Å². The van der Waals surface area contributed by atoms with E-state index in [0.717, 1.165) is 24.9 Å². The summed E-state index contributed by atoms with van der Waals surface area (Å²) in [6.07, 6.45) is 2.57. The van der Waals surface area contributed by atoms with Crippen LogP contribution >= 0.6 is 0 Å². The molecule has 0 saturated heterocycles. The molecule has 1 amide bonds. The van der Waals surface area contributed by atoms with E-state index in [0.29, 0.717) is 36.4 Å². The minimum absolute atomic E-state index is 0.119. The highest BCUT2D eigenvalue weighted by molar-refractivity contribution is 6.00. The number of nitrogens with zero attached hydrogens (tertiary/aromatic N) is 1. The molecular formula is C24H28FNO5. The lowest BCUT2D eigenvalue weighted by molar-refractivity contribution is -0.136. The first-order chi connectivity index (χ1) is 15.1. The molecular weight excluding hydrogens is 401 g/mol. The molecule has 3 rings (SSSR count). The van der Waals surface area contributed by atoms with Crippen LogP contribution in [-0.2, 0) is 16.0 Å². The molecule has 0 bridgehead atoms. The maximum atomic E-state index is 13.1. The van der Waals surface area contributed by atoms with E-state index in [1.165, 1.54) is 0 Å². The number of carbonyl (C=O) groups excluding carboxylic acids is 1. The second-order valence-corrected chi connectivity index (χ2v) is 7.48. The number of amides is 1. The van der Waals surface area contributed by atoms with Gasteiger partial charge in [-0.05, 0) is 31.0 Å². The van der Waals surface area contributed by atoms with Crippen LogP contribution in [0.25, 0.3) is 0 Å². The predicted octanol–water partition coefficient (Wildman–Crippen LogP) is 4.41. The molecule has 0 fully saturated rings. The van der Waals surface area contributed by atoms with Crippen LogP contribution in [0.5, 0.6) is 11.5 Å². The summed E-state index contributed by atoms with van der Waals surface area (Å²) in [4.78, 5) is 25.9. The van der Waals surface area contributed by atoms with E-state index in [4.69, 9.17) is 14.6 Å². The number of carboxylic acids is 1. The molecule has 1 aliphatic rings. The van der Waals surface area contributed by atoms with Crippen molar-refractivity contribution in [1.82, 2.24) is 0 Å². The molecule has 0 aromatic heterocycles. The van der Waals surface area contributed by atoms with Gasteiger partial charge in [-0.15, -0.1) is 0 Å². The largest absolute Gasteiger partial charge is 0.493 e. The highest BCUT2D eigenvalue weighted by atomic mass is 19.1. The van der Waals surface area contributed by atoms with Crippen molar-refractivity contribution in [3.8, 4) is 11.5 Å². The molecule has 0 spiro atoms. The Kier molecular flexibility index (Phi) is 8.27. The SMILES string of the molecule is O=C(O)Cc1ccccc1OCC[C@H]1Oc2ccccc2N(CCCCCCF)C1=O. The molecule has 1 heterocycles. The van der Waals surface area contributed by atoms with Crippen LogP contribution in [0.2, 0.25) is 0 Å². The highest BCUT2D eigenvalue weighted by Crippen LogP contribution is 2.34. The number of hydrogen-bond acceptors (Lipinski definition) is 4. The number of carboxylic acid groups (broad SMARTS) is 1. The van der Waals surface area contributed by atoms with Gasteiger partial charge >= 0.3 is 5.97 Å². The second kappa shape index (κ2) is 11.3. The molecule has 2 aromatic carbocycles. The summed E-state index contributed by atoms with van der Waals surface area (Å²) in [6, 6.07) is 14.4. The van der Waals surface area contributed by atoms with Crippen molar-refractivity contribution < 1.29 is 28.6 Å². The number of alkyl halides is 1.